The summed E-state index contributed by atoms with van der Waals surface area (Å²) in [6.45, 7) is 2.34. The van der Waals surface area contributed by atoms with Crippen LogP contribution in [0.2, 0.25) is 0 Å². The average Bonchev–Trinajstić information content (AvgIpc) is 2.54. The first-order chi connectivity index (χ1) is 8.74. The van der Waals surface area contributed by atoms with Crippen LogP contribution < -0.4 is 10.0 Å². The van der Waals surface area contributed by atoms with Crippen LogP contribution in [-0.2, 0) is 14.8 Å². The first kappa shape index (κ1) is 14.5. The van der Waals surface area contributed by atoms with E-state index in [1.165, 1.54) is 0 Å². The molecule has 19 heavy (non-hydrogen) atoms. The molecule has 1 saturated heterocycles. The maximum atomic E-state index is 12.0. The summed E-state index contributed by atoms with van der Waals surface area (Å²) in [7, 11) is -3.54. The van der Waals surface area contributed by atoms with Gasteiger partial charge in [-0.05, 0) is 30.7 Å². The fourth-order valence-corrected chi connectivity index (χ4v) is 3.82. The van der Waals surface area contributed by atoms with Gasteiger partial charge in [-0.2, -0.15) is 0 Å². The summed E-state index contributed by atoms with van der Waals surface area (Å²) in [6, 6.07) is 5.71. The van der Waals surface area contributed by atoms with Gasteiger partial charge in [0.1, 0.15) is 0 Å². The van der Waals surface area contributed by atoms with E-state index in [1.807, 2.05) is 25.1 Å². The Morgan fingerprint density at radius 1 is 1.42 bits per heavy atom. The molecule has 1 aliphatic heterocycles. The van der Waals surface area contributed by atoms with E-state index >= 15 is 0 Å². The van der Waals surface area contributed by atoms with Crippen LogP contribution in [0.25, 0.3) is 0 Å². The van der Waals surface area contributed by atoms with Crippen molar-refractivity contribution in [2.75, 3.05) is 17.2 Å². The second-order valence-electron chi connectivity index (χ2n) is 4.89. The number of rotatable bonds is 3. The van der Waals surface area contributed by atoms with Crippen molar-refractivity contribution in [2.24, 2.45) is 11.1 Å². The van der Waals surface area contributed by atoms with Crippen LogP contribution in [0.15, 0.2) is 22.7 Å². The van der Waals surface area contributed by atoms with Crippen molar-refractivity contribution in [3.8, 4) is 0 Å². The lowest BCUT2D eigenvalue weighted by Gasteiger charge is -2.17. The fraction of sp³-hybridized carbons (Fsp3) is 0.417. The lowest BCUT2D eigenvalue weighted by Crippen LogP contribution is -2.27. The van der Waals surface area contributed by atoms with Crippen molar-refractivity contribution in [1.82, 2.24) is 0 Å². The number of primary sulfonamides is 1. The monoisotopic (exact) mass is 346 g/mol. The van der Waals surface area contributed by atoms with Crippen LogP contribution in [0.4, 0.5) is 5.69 Å². The molecule has 1 unspecified atom stereocenters. The molecule has 0 bridgehead atoms. The number of halogens is 1. The lowest BCUT2D eigenvalue weighted by molar-refractivity contribution is -0.117. The molecule has 1 fully saturated rings. The number of carbonyl (C=O) groups is 1. The van der Waals surface area contributed by atoms with Gasteiger partial charge in [-0.15, -0.1) is 0 Å². The van der Waals surface area contributed by atoms with E-state index in [-0.39, 0.29) is 24.0 Å². The molecular weight excluding hydrogens is 332 g/mol. The third-order valence-corrected chi connectivity index (χ3v) is 4.41. The highest BCUT2D eigenvalue weighted by Crippen LogP contribution is 2.28. The number of nitrogens with zero attached hydrogens (tertiary/aromatic N) is 1. The van der Waals surface area contributed by atoms with E-state index in [2.05, 4.69) is 15.9 Å². The molecule has 1 aromatic rings. The van der Waals surface area contributed by atoms with E-state index < -0.39 is 10.0 Å². The highest BCUT2D eigenvalue weighted by Gasteiger charge is 2.32. The van der Waals surface area contributed by atoms with E-state index in [0.29, 0.717) is 6.54 Å². The Balaban J connectivity index is 2.20. The standard InChI is InChI=1S/C12H15BrN2O3S/c1-8-2-10(13)5-11(3-8)15-6-9(4-12(15)16)7-19(14,17)18/h2-3,5,9H,4,6-7H2,1H3,(H2,14,17,18). The van der Waals surface area contributed by atoms with Gasteiger partial charge < -0.3 is 4.90 Å². The zero-order valence-electron chi connectivity index (χ0n) is 10.5. The molecule has 1 atom stereocenters. The molecule has 1 aliphatic rings. The predicted octanol–water partition coefficient (Wildman–Crippen LogP) is 1.40. The number of hydrogen-bond donors (Lipinski definition) is 1. The molecule has 2 N–H and O–H groups in total. The maximum Gasteiger partial charge on any atom is 0.227 e. The Kier molecular flexibility index (Phi) is 3.98. The number of carbonyl (C=O) groups excluding carboxylic acids is 1. The highest BCUT2D eigenvalue weighted by molar-refractivity contribution is 9.10. The van der Waals surface area contributed by atoms with Crippen LogP contribution in [-0.4, -0.2) is 26.6 Å². The minimum absolute atomic E-state index is 0.0637. The Labute approximate surface area is 121 Å². The number of nitrogens with two attached hydrogens (primary N) is 1. The molecule has 1 aromatic carbocycles. The van der Waals surface area contributed by atoms with Gasteiger partial charge in [-0.25, -0.2) is 13.6 Å². The summed E-state index contributed by atoms with van der Waals surface area (Å²) in [6.07, 6.45) is 0.224. The summed E-state index contributed by atoms with van der Waals surface area (Å²) in [4.78, 5) is 13.6. The van der Waals surface area contributed by atoms with Crippen LogP contribution in [0.3, 0.4) is 0 Å². The van der Waals surface area contributed by atoms with Crippen molar-refractivity contribution in [2.45, 2.75) is 13.3 Å². The predicted molar refractivity (Wildman–Crippen MR) is 77.3 cm³/mol. The third-order valence-electron chi connectivity index (χ3n) is 3.01. The molecule has 0 aliphatic carbocycles. The van der Waals surface area contributed by atoms with Gasteiger partial charge in [0.15, 0.2) is 0 Å². The van der Waals surface area contributed by atoms with E-state index in [1.54, 1.807) is 4.90 Å². The summed E-state index contributed by atoms with van der Waals surface area (Å²) >= 11 is 3.39. The number of benzene rings is 1. The van der Waals surface area contributed by atoms with Gasteiger partial charge in [0.2, 0.25) is 15.9 Å². The summed E-state index contributed by atoms with van der Waals surface area (Å²) in [5.74, 6) is -0.449. The molecule has 0 radical (unpaired) electrons. The molecular formula is C12H15BrN2O3S. The third kappa shape index (κ3) is 3.77. The van der Waals surface area contributed by atoms with Gasteiger partial charge in [0.25, 0.3) is 0 Å². The number of aryl methyl sites for hydroxylation is 1. The van der Waals surface area contributed by atoms with Crippen LogP contribution in [0.1, 0.15) is 12.0 Å². The molecule has 0 aromatic heterocycles. The molecule has 104 valence electrons. The number of sulfonamides is 1. The van der Waals surface area contributed by atoms with Crippen LogP contribution in [0.5, 0.6) is 0 Å². The highest BCUT2D eigenvalue weighted by atomic mass is 79.9. The van der Waals surface area contributed by atoms with Crippen LogP contribution in [0, 0.1) is 12.8 Å². The minimum atomic E-state index is -3.54. The van der Waals surface area contributed by atoms with Gasteiger partial charge in [-0.3, -0.25) is 4.79 Å². The smallest absolute Gasteiger partial charge is 0.227 e. The number of amides is 1. The molecule has 0 spiro atoms. The maximum absolute atomic E-state index is 12.0. The van der Waals surface area contributed by atoms with Crippen molar-refractivity contribution in [3.63, 3.8) is 0 Å². The molecule has 2 rings (SSSR count). The summed E-state index contributed by atoms with van der Waals surface area (Å²) < 4.78 is 23.1. The Bertz CT molecular complexity index is 595. The zero-order valence-corrected chi connectivity index (χ0v) is 12.9. The second kappa shape index (κ2) is 5.22. The SMILES string of the molecule is Cc1cc(Br)cc(N2CC(CS(N)(=O)=O)CC2=O)c1. The van der Waals surface area contributed by atoms with Crippen molar-refractivity contribution >= 4 is 37.5 Å². The van der Waals surface area contributed by atoms with E-state index in [0.717, 1.165) is 15.7 Å². The quantitative estimate of drug-likeness (QED) is 0.898. The first-order valence-corrected chi connectivity index (χ1v) is 8.33. The van der Waals surface area contributed by atoms with Gasteiger partial charge in [0, 0.05) is 29.0 Å². The second-order valence-corrected chi connectivity index (χ2v) is 7.47. The molecule has 5 nitrogen and oxygen atoms in total. The minimum Gasteiger partial charge on any atom is -0.312 e. The molecule has 1 heterocycles. The Morgan fingerprint density at radius 2 is 2.11 bits per heavy atom. The Morgan fingerprint density at radius 3 is 2.68 bits per heavy atom. The van der Waals surface area contributed by atoms with Gasteiger partial charge in [-0.1, -0.05) is 15.9 Å². The van der Waals surface area contributed by atoms with E-state index in [4.69, 9.17) is 5.14 Å². The average molecular weight is 347 g/mol. The summed E-state index contributed by atoms with van der Waals surface area (Å²) in [5.41, 5.74) is 1.82. The fourth-order valence-electron chi connectivity index (χ4n) is 2.34. The molecule has 0 saturated carbocycles. The van der Waals surface area contributed by atoms with Crippen molar-refractivity contribution < 1.29 is 13.2 Å². The van der Waals surface area contributed by atoms with Crippen molar-refractivity contribution in [1.29, 1.82) is 0 Å². The topological polar surface area (TPSA) is 80.5 Å². The van der Waals surface area contributed by atoms with Gasteiger partial charge >= 0.3 is 0 Å². The van der Waals surface area contributed by atoms with Crippen LogP contribution >= 0.6 is 15.9 Å². The number of hydrogen-bond acceptors (Lipinski definition) is 3. The normalized spacial score (nSPS) is 20.1. The van der Waals surface area contributed by atoms with E-state index in [9.17, 15) is 13.2 Å². The lowest BCUT2D eigenvalue weighted by atomic mass is 10.1. The Hall–Kier alpha value is -0.920. The molecule has 7 heteroatoms. The zero-order chi connectivity index (χ0) is 14.2. The largest absolute Gasteiger partial charge is 0.312 e. The summed E-state index contributed by atoms with van der Waals surface area (Å²) in [5, 5.41) is 5.03. The van der Waals surface area contributed by atoms with Gasteiger partial charge in [0.05, 0.1) is 5.75 Å². The first-order valence-electron chi connectivity index (χ1n) is 5.82. The molecule has 1 amide bonds. The number of anilines is 1. The van der Waals surface area contributed by atoms with Crippen molar-refractivity contribution in [3.05, 3.63) is 28.2 Å².